The normalized spacial score (nSPS) is 22.4. The van der Waals surface area contributed by atoms with Gasteiger partial charge in [-0.3, -0.25) is 23.4 Å². The molecule has 1 saturated heterocycles. The molecule has 0 spiro atoms. The summed E-state index contributed by atoms with van der Waals surface area (Å²) in [5, 5.41) is 53.0. The molecule has 2 aromatic heterocycles. The molecule has 3 aliphatic rings. The van der Waals surface area contributed by atoms with Crippen LogP contribution in [0.2, 0.25) is 0 Å². The molecule has 5 heterocycles. The number of hydrogen-bond donors (Lipinski definition) is 9. The maximum absolute atomic E-state index is 12.5. The van der Waals surface area contributed by atoms with Crippen molar-refractivity contribution < 1.29 is 125 Å². The van der Waals surface area contributed by atoms with Crippen molar-refractivity contribution in [3.63, 3.8) is 0 Å². The van der Waals surface area contributed by atoms with Crippen molar-refractivity contribution in [1.29, 1.82) is 0 Å². The average molecular weight is 834 g/mol. The van der Waals surface area contributed by atoms with Gasteiger partial charge in [0.15, 0.2) is 29.2 Å². The Morgan fingerprint density at radius 1 is 0.982 bits per heavy atom. The van der Waals surface area contributed by atoms with E-state index in [2.05, 4.69) is 33.8 Å². The molecule has 9 atom stereocenters. The van der Waals surface area contributed by atoms with Crippen LogP contribution in [0.1, 0.15) is 20.2 Å². The molecule has 10 N–H and O–H groups in total. The number of benzene rings is 1. The first-order valence-electron chi connectivity index (χ1n) is 15.4. The summed E-state index contributed by atoms with van der Waals surface area (Å²) in [6.45, 7) is 0.795. The number of hydrogen-bond acceptors (Lipinski definition) is 19. The second-order valence-electron chi connectivity index (χ2n) is 12.1. The molecule has 1 aromatic carbocycles. The van der Waals surface area contributed by atoms with Crippen molar-refractivity contribution in [2.45, 2.75) is 63.2 Å². The number of rotatable bonds is 13. The fourth-order valence-corrected chi connectivity index (χ4v) is 7.65. The van der Waals surface area contributed by atoms with Crippen LogP contribution < -0.4 is 76.1 Å². The molecule has 2 unspecified atom stereocenters. The molecule has 24 nitrogen and oxygen atoms in total. The second-order valence-corrected chi connectivity index (χ2v) is 15.1. The summed E-state index contributed by atoms with van der Waals surface area (Å²) in [5.74, 6) is -0.212. The summed E-state index contributed by atoms with van der Waals surface area (Å²) in [6, 6.07) is 3.29. The van der Waals surface area contributed by atoms with Crippen molar-refractivity contribution in [3.05, 3.63) is 56.8 Å². The molecular formula is C27H35N9Na2O15P2. The Balaban J connectivity index is 0.00000280. The van der Waals surface area contributed by atoms with Gasteiger partial charge < -0.3 is 53.2 Å². The summed E-state index contributed by atoms with van der Waals surface area (Å²) in [7, 11) is -11.0. The number of nitrogens with one attached hydrogen (secondary N) is 1. The molecular weight excluding hydrogens is 798 g/mol. The monoisotopic (exact) mass is 833 g/mol. The number of aliphatic hydroxyl groups excluding tert-OH is 5. The predicted molar refractivity (Wildman–Crippen MR) is 179 cm³/mol. The SMILES string of the molecule is Cc1cc2nc3c(=O)[nH]c(=O)nc-3n(C[C@H](O)[C@H](O)[C@H](O)COP(=O)(O)OP(=O)(O)OC[C@H]3O[C@@H](n4cnc5c(N)ncnc54)[C@H](O)[C@@H]3O)c2cc1C.[H-].[H-].[Na+].[Na+]. The van der Waals surface area contributed by atoms with E-state index in [4.69, 9.17) is 15.0 Å². The minimum Gasteiger partial charge on any atom is -1.00 e. The van der Waals surface area contributed by atoms with Gasteiger partial charge in [-0.25, -0.2) is 33.9 Å². The third-order valence-corrected chi connectivity index (χ3v) is 11.0. The van der Waals surface area contributed by atoms with Crippen LogP contribution in [0.15, 0.2) is 34.4 Å². The zero-order chi connectivity index (χ0) is 38.6. The molecule has 0 saturated carbocycles. The van der Waals surface area contributed by atoms with E-state index in [1.807, 2.05) is 4.98 Å². The number of phosphoric ester groups is 2. The molecule has 6 rings (SSSR count). The maximum Gasteiger partial charge on any atom is 1.00 e. The number of imidazole rings is 1. The van der Waals surface area contributed by atoms with Crippen molar-refractivity contribution in [2.24, 2.45) is 0 Å². The van der Waals surface area contributed by atoms with Crippen LogP contribution in [0.25, 0.3) is 33.7 Å². The van der Waals surface area contributed by atoms with E-state index in [1.165, 1.54) is 15.5 Å². The first-order chi connectivity index (χ1) is 24.9. The fourth-order valence-electron chi connectivity index (χ4n) is 5.55. The van der Waals surface area contributed by atoms with Gasteiger partial charge in [-0.1, -0.05) is 0 Å². The summed E-state index contributed by atoms with van der Waals surface area (Å²) < 4.78 is 46.6. The molecule has 28 heteroatoms. The predicted octanol–water partition coefficient (Wildman–Crippen LogP) is -8.19. The number of aryl methyl sites for hydroxylation is 2. The molecule has 0 aliphatic carbocycles. The summed E-state index contributed by atoms with van der Waals surface area (Å²) >= 11 is 0. The van der Waals surface area contributed by atoms with E-state index in [-0.39, 0.29) is 96.0 Å². The number of aliphatic hydroxyl groups is 5. The number of nitrogen functional groups attached to an aromatic ring is 1. The van der Waals surface area contributed by atoms with Crippen LogP contribution in [-0.4, -0.2) is 124 Å². The van der Waals surface area contributed by atoms with Crippen LogP contribution in [0, 0.1) is 13.8 Å². The average Bonchev–Trinajstić information content (AvgIpc) is 3.63. The Bertz CT molecular complexity index is 2380. The number of aromatic nitrogens is 8. The third kappa shape index (κ3) is 9.78. The van der Waals surface area contributed by atoms with Gasteiger partial charge in [-0.2, -0.15) is 9.29 Å². The first kappa shape index (κ1) is 45.6. The second kappa shape index (κ2) is 17.8. The van der Waals surface area contributed by atoms with Crippen molar-refractivity contribution in [2.75, 3.05) is 18.9 Å². The Morgan fingerprint density at radius 2 is 1.65 bits per heavy atom. The first-order valence-corrected chi connectivity index (χ1v) is 18.4. The van der Waals surface area contributed by atoms with Gasteiger partial charge in [0, 0.05) is 0 Å². The number of H-pyrrole nitrogens is 1. The van der Waals surface area contributed by atoms with Gasteiger partial charge in [-0.05, 0) is 37.1 Å². The number of nitrogens with two attached hydrogens (primary N) is 1. The van der Waals surface area contributed by atoms with Gasteiger partial charge >= 0.3 is 80.4 Å². The molecule has 0 bridgehead atoms. The van der Waals surface area contributed by atoms with Crippen molar-refractivity contribution in [3.8, 4) is 11.5 Å². The summed E-state index contributed by atoms with van der Waals surface area (Å²) in [5.41, 5.74) is 6.11. The van der Waals surface area contributed by atoms with E-state index in [0.29, 0.717) is 5.52 Å². The largest absolute Gasteiger partial charge is 1.00 e. The number of phosphoric acid groups is 2. The minimum atomic E-state index is -5.54. The third-order valence-electron chi connectivity index (χ3n) is 8.40. The Labute approximate surface area is 355 Å². The fraction of sp³-hybridized carbons (Fsp3) is 0.444. The molecule has 0 amide bonds. The molecule has 3 aliphatic heterocycles. The van der Waals surface area contributed by atoms with Crippen molar-refractivity contribution >= 4 is 43.7 Å². The van der Waals surface area contributed by atoms with Crippen LogP contribution >= 0.6 is 15.6 Å². The Kier molecular flexibility index (Phi) is 14.7. The minimum absolute atomic E-state index is 0. The van der Waals surface area contributed by atoms with Gasteiger partial charge in [0.1, 0.15) is 48.5 Å². The molecule has 290 valence electrons. The molecule has 1 fully saturated rings. The Morgan fingerprint density at radius 3 is 2.36 bits per heavy atom. The van der Waals surface area contributed by atoms with E-state index >= 15 is 0 Å². The molecule has 0 radical (unpaired) electrons. The van der Waals surface area contributed by atoms with Gasteiger partial charge in [0.25, 0.3) is 5.56 Å². The number of nitrogens with zero attached hydrogens (tertiary/aromatic N) is 7. The van der Waals surface area contributed by atoms with Gasteiger partial charge in [0.05, 0.1) is 37.1 Å². The van der Waals surface area contributed by atoms with Crippen molar-refractivity contribution in [1.82, 2.24) is 39.0 Å². The van der Waals surface area contributed by atoms with Gasteiger partial charge in [-0.15, -0.1) is 0 Å². The smallest absolute Gasteiger partial charge is 1.00 e. The van der Waals surface area contributed by atoms with Gasteiger partial charge in [0.2, 0.25) is 0 Å². The van der Waals surface area contributed by atoms with E-state index in [1.54, 1.807) is 26.0 Å². The number of anilines is 1. The Hall–Kier alpha value is -2.13. The number of ether oxygens (including phenoxy) is 1. The van der Waals surface area contributed by atoms with Crippen LogP contribution in [0.5, 0.6) is 0 Å². The quantitative estimate of drug-likeness (QED) is 0.0302. The number of fused-ring (bicyclic) bond motifs is 3. The zero-order valence-corrected chi connectivity index (χ0v) is 35.3. The topological polar surface area (TPSA) is 363 Å². The van der Waals surface area contributed by atoms with E-state index < -0.39 is 89.5 Å². The molecule has 3 aromatic rings. The van der Waals surface area contributed by atoms with Crippen LogP contribution in [-0.2, 0) is 33.8 Å². The maximum atomic E-state index is 12.5. The van der Waals surface area contributed by atoms with E-state index in [0.717, 1.165) is 17.5 Å². The molecule has 55 heavy (non-hydrogen) atoms. The van der Waals surface area contributed by atoms with Crippen LogP contribution in [0.3, 0.4) is 0 Å². The van der Waals surface area contributed by atoms with Crippen LogP contribution in [0.4, 0.5) is 5.82 Å². The summed E-state index contributed by atoms with van der Waals surface area (Å²) in [6.07, 6.45) is -9.93. The number of aromatic amines is 1. The summed E-state index contributed by atoms with van der Waals surface area (Å²) in [4.78, 5) is 66.6. The zero-order valence-electron chi connectivity index (χ0n) is 31.5. The standard InChI is InChI=1S/C27H33N9O15P2.2Na.2H/c1-10-3-12-13(4-11(10)2)35(24-18(32-12)25(42)34-27(43)33-24)5-14(37)19(39)15(38)6-48-52(44,45)51-53(46,47)49-7-16-20(40)21(41)26(50-16)36-9-31-17-22(28)29-8-30-23(17)36;;;;/h3-4,8-9,14-16,19-21,26,37-41H,5-7H2,1-2H3,(H,44,45)(H,46,47)(H2,28,29,30)(H,34,42,43);;;;/q;2*+1;2*-1/t14-,15+,16+,19-,20+,21+,26+;;;;/m0..../s1. The van der Waals surface area contributed by atoms with E-state index in [9.17, 15) is 54.0 Å².